The van der Waals surface area contributed by atoms with Crippen molar-refractivity contribution in [3.05, 3.63) is 33.8 Å². The Morgan fingerprint density at radius 1 is 1.17 bits per heavy atom. The van der Waals surface area contributed by atoms with Crippen molar-refractivity contribution in [1.82, 2.24) is 16.2 Å². The maximum absolute atomic E-state index is 12.0. The smallest absolute Gasteiger partial charge is 0.407 e. The van der Waals surface area contributed by atoms with Gasteiger partial charge in [-0.2, -0.15) is 0 Å². The molecule has 24 heavy (non-hydrogen) atoms. The quantitative estimate of drug-likeness (QED) is 0.677. The van der Waals surface area contributed by atoms with Gasteiger partial charge in [-0.3, -0.25) is 20.4 Å². The van der Waals surface area contributed by atoms with Gasteiger partial charge in [0.15, 0.2) is 0 Å². The van der Waals surface area contributed by atoms with Crippen LogP contribution in [0.4, 0.5) is 4.79 Å². The number of hydrogen-bond donors (Lipinski definition) is 3. The number of alkyl carbamates (subject to hydrolysis) is 1. The van der Waals surface area contributed by atoms with Crippen molar-refractivity contribution in [3.8, 4) is 0 Å². The van der Waals surface area contributed by atoms with Crippen LogP contribution in [0.3, 0.4) is 0 Å². The predicted octanol–water partition coefficient (Wildman–Crippen LogP) is 2.43. The van der Waals surface area contributed by atoms with Gasteiger partial charge >= 0.3 is 6.09 Å². The second-order valence-corrected chi connectivity index (χ2v) is 6.95. The van der Waals surface area contributed by atoms with Crippen LogP contribution >= 0.6 is 15.9 Å². The molecule has 0 fully saturated rings. The van der Waals surface area contributed by atoms with Gasteiger partial charge in [-0.15, -0.1) is 0 Å². The van der Waals surface area contributed by atoms with Gasteiger partial charge in [0.25, 0.3) is 5.91 Å². The van der Waals surface area contributed by atoms with Crippen molar-refractivity contribution >= 4 is 33.8 Å². The third-order valence-corrected chi connectivity index (χ3v) is 3.71. The van der Waals surface area contributed by atoms with E-state index in [2.05, 4.69) is 32.1 Å². The Hall–Kier alpha value is -2.09. The molecule has 3 N–H and O–H groups in total. The average molecular weight is 400 g/mol. The maximum atomic E-state index is 12.0. The van der Waals surface area contributed by atoms with E-state index in [1.54, 1.807) is 39.8 Å². The third kappa shape index (κ3) is 6.99. The molecule has 0 spiro atoms. The van der Waals surface area contributed by atoms with Gasteiger partial charge in [-0.25, -0.2) is 4.79 Å². The van der Waals surface area contributed by atoms with Gasteiger partial charge in [0.05, 0.1) is 0 Å². The summed E-state index contributed by atoms with van der Waals surface area (Å²) in [6, 6.07) is 5.22. The number of ether oxygens (including phenoxy) is 1. The molecule has 0 aliphatic carbocycles. The van der Waals surface area contributed by atoms with E-state index in [0.29, 0.717) is 5.56 Å². The summed E-state index contributed by atoms with van der Waals surface area (Å²) >= 11 is 3.34. The number of benzene rings is 1. The largest absolute Gasteiger partial charge is 0.444 e. The van der Waals surface area contributed by atoms with Gasteiger partial charge in [0, 0.05) is 23.0 Å². The molecule has 1 aromatic rings. The zero-order chi connectivity index (χ0) is 18.3. The number of amides is 3. The summed E-state index contributed by atoms with van der Waals surface area (Å²) in [5.41, 5.74) is 5.28. The van der Waals surface area contributed by atoms with E-state index >= 15 is 0 Å². The van der Waals surface area contributed by atoms with E-state index in [9.17, 15) is 14.4 Å². The van der Waals surface area contributed by atoms with Gasteiger partial charge in [-0.05, 0) is 45.4 Å². The number of hydrogen-bond acceptors (Lipinski definition) is 4. The molecule has 0 radical (unpaired) electrons. The van der Waals surface area contributed by atoms with Crippen molar-refractivity contribution in [2.45, 2.75) is 39.7 Å². The lowest BCUT2D eigenvalue weighted by molar-refractivity contribution is -0.121. The molecular weight excluding hydrogens is 378 g/mol. The molecule has 0 aliphatic rings. The van der Waals surface area contributed by atoms with E-state index in [1.165, 1.54) is 0 Å². The molecular formula is C16H22BrN3O4. The van der Waals surface area contributed by atoms with Gasteiger partial charge in [-0.1, -0.05) is 22.0 Å². The topological polar surface area (TPSA) is 96.5 Å². The molecule has 3 amide bonds. The van der Waals surface area contributed by atoms with E-state index in [0.717, 1.165) is 10.0 Å². The van der Waals surface area contributed by atoms with Crippen molar-refractivity contribution in [2.75, 3.05) is 6.54 Å². The molecule has 0 unspecified atom stereocenters. The minimum Gasteiger partial charge on any atom is -0.444 e. The molecule has 0 saturated heterocycles. The Labute approximate surface area is 149 Å². The summed E-state index contributed by atoms with van der Waals surface area (Å²) in [4.78, 5) is 35.1. The van der Waals surface area contributed by atoms with Crippen LogP contribution in [0.15, 0.2) is 22.7 Å². The fraction of sp³-hybridized carbons (Fsp3) is 0.438. The second-order valence-electron chi connectivity index (χ2n) is 6.09. The highest BCUT2D eigenvalue weighted by atomic mass is 79.9. The fourth-order valence-electron chi connectivity index (χ4n) is 1.70. The van der Waals surface area contributed by atoms with E-state index in [1.807, 2.05) is 6.07 Å². The van der Waals surface area contributed by atoms with Crippen LogP contribution in [0.25, 0.3) is 0 Å². The normalized spacial score (nSPS) is 10.7. The summed E-state index contributed by atoms with van der Waals surface area (Å²) in [7, 11) is 0. The minimum absolute atomic E-state index is 0.0109. The van der Waals surface area contributed by atoms with Gasteiger partial charge < -0.3 is 10.1 Å². The van der Waals surface area contributed by atoms with Crippen LogP contribution in [0.2, 0.25) is 0 Å². The first-order valence-corrected chi connectivity index (χ1v) is 8.20. The van der Waals surface area contributed by atoms with E-state index in [4.69, 9.17) is 4.74 Å². The maximum Gasteiger partial charge on any atom is 0.407 e. The van der Waals surface area contributed by atoms with Crippen LogP contribution in [0.1, 0.15) is 43.1 Å². The van der Waals surface area contributed by atoms with Crippen LogP contribution in [0.5, 0.6) is 0 Å². The first-order valence-electron chi connectivity index (χ1n) is 7.41. The molecule has 7 nitrogen and oxygen atoms in total. The fourth-order valence-corrected chi connectivity index (χ4v) is 2.07. The highest BCUT2D eigenvalue weighted by Crippen LogP contribution is 2.19. The molecule has 0 heterocycles. The monoisotopic (exact) mass is 399 g/mol. The number of rotatable bonds is 4. The Balaban J connectivity index is 2.35. The zero-order valence-electron chi connectivity index (χ0n) is 14.2. The van der Waals surface area contributed by atoms with Crippen molar-refractivity contribution in [1.29, 1.82) is 0 Å². The van der Waals surface area contributed by atoms with Crippen LogP contribution < -0.4 is 16.2 Å². The summed E-state index contributed by atoms with van der Waals surface area (Å²) < 4.78 is 5.85. The molecule has 1 rings (SSSR count). The molecule has 0 atom stereocenters. The van der Waals surface area contributed by atoms with Crippen molar-refractivity contribution in [2.24, 2.45) is 0 Å². The molecule has 8 heteroatoms. The van der Waals surface area contributed by atoms with Gasteiger partial charge in [0.1, 0.15) is 5.60 Å². The minimum atomic E-state index is -0.595. The second kappa shape index (κ2) is 8.68. The lowest BCUT2D eigenvalue weighted by Gasteiger charge is -2.19. The number of halogens is 1. The van der Waals surface area contributed by atoms with Crippen LogP contribution in [-0.2, 0) is 9.53 Å². The SMILES string of the molecule is Cc1c(Br)cccc1C(=O)NNC(=O)CCNC(=O)OC(C)(C)C. The summed E-state index contributed by atoms with van der Waals surface area (Å²) in [5.74, 6) is -0.839. The summed E-state index contributed by atoms with van der Waals surface area (Å²) in [6.07, 6.45) is -0.583. The number of hydrazine groups is 1. The number of carbonyl (C=O) groups excluding carboxylic acids is 3. The lowest BCUT2D eigenvalue weighted by atomic mass is 10.1. The molecule has 1 aromatic carbocycles. The standard InChI is InChI=1S/C16H22BrN3O4/c1-10-11(6-5-7-12(10)17)14(22)20-19-13(21)8-9-18-15(23)24-16(2,3)4/h5-7H,8-9H2,1-4H3,(H,18,23)(H,19,21)(H,20,22). The Morgan fingerprint density at radius 3 is 2.46 bits per heavy atom. The summed E-state index contributed by atoms with van der Waals surface area (Å²) in [5, 5.41) is 2.47. The Kier molecular flexibility index (Phi) is 7.21. The number of carbonyl (C=O) groups is 3. The molecule has 0 bridgehead atoms. The van der Waals surface area contributed by atoms with Crippen molar-refractivity contribution < 1.29 is 19.1 Å². The van der Waals surface area contributed by atoms with E-state index < -0.39 is 23.5 Å². The molecule has 0 aliphatic heterocycles. The highest BCUT2D eigenvalue weighted by Gasteiger charge is 2.16. The third-order valence-electron chi connectivity index (χ3n) is 2.85. The molecule has 132 valence electrons. The van der Waals surface area contributed by atoms with Crippen LogP contribution in [0, 0.1) is 6.92 Å². The van der Waals surface area contributed by atoms with Crippen LogP contribution in [-0.4, -0.2) is 30.1 Å². The molecule has 0 aromatic heterocycles. The lowest BCUT2D eigenvalue weighted by Crippen LogP contribution is -2.43. The Morgan fingerprint density at radius 2 is 1.83 bits per heavy atom. The zero-order valence-corrected chi connectivity index (χ0v) is 15.7. The summed E-state index contributed by atoms with van der Waals surface area (Å²) in [6.45, 7) is 7.15. The molecule has 0 saturated carbocycles. The Bertz CT molecular complexity index is 626. The first-order chi connectivity index (χ1) is 11.1. The average Bonchev–Trinajstić information content (AvgIpc) is 2.45. The van der Waals surface area contributed by atoms with E-state index in [-0.39, 0.29) is 13.0 Å². The number of nitrogens with one attached hydrogen (secondary N) is 3. The van der Waals surface area contributed by atoms with Crippen molar-refractivity contribution in [3.63, 3.8) is 0 Å². The highest BCUT2D eigenvalue weighted by molar-refractivity contribution is 9.10. The predicted molar refractivity (Wildman–Crippen MR) is 93.3 cm³/mol. The first kappa shape index (κ1) is 20.0. The van der Waals surface area contributed by atoms with Gasteiger partial charge in [0.2, 0.25) is 5.91 Å².